The van der Waals surface area contributed by atoms with Gasteiger partial charge in [-0.3, -0.25) is 0 Å². The van der Waals surface area contributed by atoms with Crippen molar-refractivity contribution in [3.05, 3.63) is 34.9 Å². The SMILES string of the molecule is CCC1CCCCC1NC(C)c1cc(C)cc(C)c1. The van der Waals surface area contributed by atoms with Gasteiger partial charge >= 0.3 is 0 Å². The number of benzene rings is 1. The molecule has 3 unspecified atom stereocenters. The third kappa shape index (κ3) is 3.82. The molecule has 0 spiro atoms. The molecule has 2 rings (SSSR count). The number of rotatable bonds is 4. The van der Waals surface area contributed by atoms with Crippen LogP contribution in [0, 0.1) is 19.8 Å². The fourth-order valence-corrected chi connectivity index (χ4v) is 3.59. The summed E-state index contributed by atoms with van der Waals surface area (Å²) in [5, 5.41) is 3.89. The van der Waals surface area contributed by atoms with Crippen molar-refractivity contribution >= 4 is 0 Å². The van der Waals surface area contributed by atoms with Crippen molar-refractivity contribution in [3.8, 4) is 0 Å². The van der Waals surface area contributed by atoms with Gasteiger partial charge in [0.2, 0.25) is 0 Å². The average molecular weight is 259 g/mol. The van der Waals surface area contributed by atoms with E-state index >= 15 is 0 Å². The van der Waals surface area contributed by atoms with Crippen molar-refractivity contribution in [2.45, 2.75) is 71.9 Å². The summed E-state index contributed by atoms with van der Waals surface area (Å²) in [6.07, 6.45) is 6.90. The van der Waals surface area contributed by atoms with Crippen LogP contribution in [0.15, 0.2) is 18.2 Å². The molecular weight excluding hydrogens is 230 g/mol. The molecule has 19 heavy (non-hydrogen) atoms. The van der Waals surface area contributed by atoms with Gasteiger partial charge in [0.1, 0.15) is 0 Å². The van der Waals surface area contributed by atoms with Gasteiger partial charge in [-0.2, -0.15) is 0 Å². The maximum atomic E-state index is 3.89. The zero-order valence-electron chi connectivity index (χ0n) is 13.0. The zero-order valence-corrected chi connectivity index (χ0v) is 13.0. The first-order chi connectivity index (χ1) is 9.10. The van der Waals surface area contributed by atoms with Gasteiger partial charge in [-0.15, -0.1) is 0 Å². The van der Waals surface area contributed by atoms with Gasteiger partial charge in [0.05, 0.1) is 0 Å². The highest BCUT2D eigenvalue weighted by atomic mass is 15.0. The molecule has 0 aliphatic heterocycles. The van der Waals surface area contributed by atoms with Crippen LogP contribution in [0.1, 0.15) is 68.7 Å². The molecule has 1 aliphatic rings. The van der Waals surface area contributed by atoms with Crippen molar-refractivity contribution < 1.29 is 0 Å². The molecule has 106 valence electrons. The van der Waals surface area contributed by atoms with E-state index in [2.05, 4.69) is 51.2 Å². The van der Waals surface area contributed by atoms with Crippen molar-refractivity contribution in [1.29, 1.82) is 0 Å². The molecule has 1 aromatic carbocycles. The molecule has 0 saturated heterocycles. The van der Waals surface area contributed by atoms with Crippen molar-refractivity contribution in [3.63, 3.8) is 0 Å². The molecule has 0 heterocycles. The molecule has 0 bridgehead atoms. The lowest BCUT2D eigenvalue weighted by Gasteiger charge is -2.34. The van der Waals surface area contributed by atoms with Crippen LogP contribution in [0.4, 0.5) is 0 Å². The Balaban J connectivity index is 2.04. The van der Waals surface area contributed by atoms with Gasteiger partial charge in [-0.25, -0.2) is 0 Å². The average Bonchev–Trinajstić information content (AvgIpc) is 2.38. The maximum absolute atomic E-state index is 3.89. The first kappa shape index (κ1) is 14.6. The summed E-state index contributed by atoms with van der Waals surface area (Å²) >= 11 is 0. The van der Waals surface area contributed by atoms with E-state index in [0.717, 1.165) is 12.0 Å². The van der Waals surface area contributed by atoms with Crippen molar-refractivity contribution in [1.82, 2.24) is 5.32 Å². The molecule has 1 N–H and O–H groups in total. The van der Waals surface area contributed by atoms with E-state index in [4.69, 9.17) is 0 Å². The molecule has 0 aromatic heterocycles. The van der Waals surface area contributed by atoms with Gasteiger partial charge in [0, 0.05) is 12.1 Å². The molecule has 1 aromatic rings. The molecule has 1 fully saturated rings. The van der Waals surface area contributed by atoms with E-state index in [1.165, 1.54) is 48.8 Å². The third-order valence-corrected chi connectivity index (χ3v) is 4.64. The Bertz CT molecular complexity index is 390. The Labute approximate surface area is 118 Å². The Morgan fingerprint density at radius 1 is 1.11 bits per heavy atom. The molecule has 1 saturated carbocycles. The number of aryl methyl sites for hydroxylation is 2. The minimum Gasteiger partial charge on any atom is -0.307 e. The van der Waals surface area contributed by atoms with E-state index in [-0.39, 0.29) is 0 Å². The monoisotopic (exact) mass is 259 g/mol. The largest absolute Gasteiger partial charge is 0.307 e. The maximum Gasteiger partial charge on any atom is 0.0294 e. The Hall–Kier alpha value is -0.820. The van der Waals surface area contributed by atoms with Crippen LogP contribution < -0.4 is 5.32 Å². The van der Waals surface area contributed by atoms with Crippen LogP contribution in [0.25, 0.3) is 0 Å². The minimum atomic E-state index is 0.468. The highest BCUT2D eigenvalue weighted by Gasteiger charge is 2.24. The van der Waals surface area contributed by atoms with Crippen LogP contribution in [0.3, 0.4) is 0 Å². The first-order valence-corrected chi connectivity index (χ1v) is 7.94. The number of hydrogen-bond donors (Lipinski definition) is 1. The first-order valence-electron chi connectivity index (χ1n) is 7.94. The molecule has 3 atom stereocenters. The topological polar surface area (TPSA) is 12.0 Å². The zero-order chi connectivity index (χ0) is 13.8. The second kappa shape index (κ2) is 6.56. The summed E-state index contributed by atoms with van der Waals surface area (Å²) in [4.78, 5) is 0. The highest BCUT2D eigenvalue weighted by molar-refractivity contribution is 5.30. The van der Waals surface area contributed by atoms with Crippen LogP contribution in [0.5, 0.6) is 0 Å². The van der Waals surface area contributed by atoms with E-state index in [0.29, 0.717) is 6.04 Å². The normalized spacial score (nSPS) is 25.3. The van der Waals surface area contributed by atoms with Crippen LogP contribution >= 0.6 is 0 Å². The van der Waals surface area contributed by atoms with Gasteiger partial charge in [-0.05, 0) is 45.1 Å². The lowest BCUT2D eigenvalue weighted by Crippen LogP contribution is -2.39. The molecule has 0 amide bonds. The van der Waals surface area contributed by atoms with Crippen molar-refractivity contribution in [2.75, 3.05) is 0 Å². The fraction of sp³-hybridized carbons (Fsp3) is 0.667. The predicted octanol–water partition coefficient (Wildman–Crippen LogP) is 4.92. The molecular formula is C18H29N. The summed E-state index contributed by atoms with van der Waals surface area (Å²) < 4.78 is 0. The van der Waals surface area contributed by atoms with Gasteiger partial charge in [-0.1, -0.05) is 55.5 Å². The lowest BCUT2D eigenvalue weighted by molar-refractivity contribution is 0.240. The van der Waals surface area contributed by atoms with E-state index in [9.17, 15) is 0 Å². The summed E-state index contributed by atoms with van der Waals surface area (Å²) in [6.45, 7) is 9.04. The second-order valence-electron chi connectivity index (χ2n) is 6.37. The Morgan fingerprint density at radius 3 is 2.37 bits per heavy atom. The predicted molar refractivity (Wildman–Crippen MR) is 83.5 cm³/mol. The standard InChI is InChI=1S/C18H29N/c1-5-16-8-6-7-9-18(16)19-15(4)17-11-13(2)10-14(3)12-17/h10-12,15-16,18-19H,5-9H2,1-4H3. The van der Waals surface area contributed by atoms with E-state index in [1.807, 2.05) is 0 Å². The summed E-state index contributed by atoms with van der Waals surface area (Å²) in [5.41, 5.74) is 4.19. The van der Waals surface area contributed by atoms with E-state index < -0.39 is 0 Å². The molecule has 1 nitrogen and oxygen atoms in total. The van der Waals surface area contributed by atoms with E-state index in [1.54, 1.807) is 0 Å². The second-order valence-corrected chi connectivity index (χ2v) is 6.37. The van der Waals surface area contributed by atoms with Crippen LogP contribution in [-0.2, 0) is 0 Å². The van der Waals surface area contributed by atoms with Crippen molar-refractivity contribution in [2.24, 2.45) is 5.92 Å². The molecule has 1 heteroatoms. The summed E-state index contributed by atoms with van der Waals surface area (Å²) in [7, 11) is 0. The quantitative estimate of drug-likeness (QED) is 0.809. The van der Waals surface area contributed by atoms with Crippen LogP contribution in [-0.4, -0.2) is 6.04 Å². The number of nitrogens with one attached hydrogen (secondary N) is 1. The number of hydrogen-bond acceptors (Lipinski definition) is 1. The highest BCUT2D eigenvalue weighted by Crippen LogP contribution is 2.29. The molecule has 0 radical (unpaired) electrons. The Morgan fingerprint density at radius 2 is 1.74 bits per heavy atom. The summed E-state index contributed by atoms with van der Waals surface area (Å²) in [5.74, 6) is 0.877. The smallest absolute Gasteiger partial charge is 0.0294 e. The van der Waals surface area contributed by atoms with Crippen LogP contribution in [0.2, 0.25) is 0 Å². The van der Waals surface area contributed by atoms with Gasteiger partial charge < -0.3 is 5.32 Å². The third-order valence-electron chi connectivity index (χ3n) is 4.64. The summed E-state index contributed by atoms with van der Waals surface area (Å²) in [6, 6.07) is 8.10. The minimum absolute atomic E-state index is 0.468. The molecule has 1 aliphatic carbocycles. The lowest BCUT2D eigenvalue weighted by atomic mass is 9.82. The van der Waals surface area contributed by atoms with Gasteiger partial charge in [0.15, 0.2) is 0 Å². The van der Waals surface area contributed by atoms with Gasteiger partial charge in [0.25, 0.3) is 0 Å². The fourth-order valence-electron chi connectivity index (χ4n) is 3.59. The Kier molecular flexibility index (Phi) is 5.04.